The number of ether oxygens (including phenoxy) is 1. The van der Waals surface area contributed by atoms with Gasteiger partial charge in [-0.1, -0.05) is 19.9 Å². The Morgan fingerprint density at radius 1 is 1.54 bits per heavy atom. The maximum atomic E-state index is 8.63. The van der Waals surface area contributed by atoms with Crippen molar-refractivity contribution in [3.63, 3.8) is 0 Å². The Labute approximate surface area is 77.0 Å². The van der Waals surface area contributed by atoms with E-state index < -0.39 is 0 Å². The first-order valence-electron chi connectivity index (χ1n) is 4.18. The fraction of sp³-hybridized carbons (Fsp3) is 0.400. The van der Waals surface area contributed by atoms with Gasteiger partial charge in [-0.3, -0.25) is 0 Å². The zero-order chi connectivity index (χ0) is 9.47. The van der Waals surface area contributed by atoms with Crippen LogP contribution in [0.3, 0.4) is 0 Å². The van der Waals surface area contributed by atoms with Crippen molar-refractivity contribution in [1.82, 2.24) is 4.98 Å². The molecule has 0 amide bonds. The van der Waals surface area contributed by atoms with Gasteiger partial charge in [0.15, 0.2) is 0 Å². The van der Waals surface area contributed by atoms with Crippen LogP contribution < -0.4 is 4.74 Å². The van der Waals surface area contributed by atoms with Crippen molar-refractivity contribution < 1.29 is 4.74 Å². The lowest BCUT2D eigenvalue weighted by Gasteiger charge is -2.13. The molecule has 1 aromatic heterocycles. The van der Waals surface area contributed by atoms with E-state index in [-0.39, 0.29) is 5.41 Å². The number of nitriles is 1. The fourth-order valence-electron chi connectivity index (χ4n) is 1.45. The third-order valence-electron chi connectivity index (χ3n) is 2.27. The Hall–Kier alpha value is -1.56. The largest absolute Gasteiger partial charge is 0.476 e. The van der Waals surface area contributed by atoms with Gasteiger partial charge in [0.2, 0.25) is 5.88 Å². The minimum absolute atomic E-state index is 0.0241. The van der Waals surface area contributed by atoms with Gasteiger partial charge in [0, 0.05) is 11.0 Å². The second kappa shape index (κ2) is 2.46. The van der Waals surface area contributed by atoms with Gasteiger partial charge in [0.05, 0.1) is 6.61 Å². The first-order valence-corrected chi connectivity index (χ1v) is 4.18. The van der Waals surface area contributed by atoms with Gasteiger partial charge in [0.25, 0.3) is 0 Å². The molecule has 13 heavy (non-hydrogen) atoms. The second-order valence-corrected chi connectivity index (χ2v) is 3.83. The van der Waals surface area contributed by atoms with Gasteiger partial charge < -0.3 is 4.74 Å². The Morgan fingerprint density at radius 3 is 3.00 bits per heavy atom. The van der Waals surface area contributed by atoms with Gasteiger partial charge in [0.1, 0.15) is 11.8 Å². The summed E-state index contributed by atoms with van der Waals surface area (Å²) in [6.45, 7) is 4.85. The zero-order valence-electron chi connectivity index (χ0n) is 7.66. The quantitative estimate of drug-likeness (QED) is 0.600. The number of hydrogen-bond donors (Lipinski definition) is 0. The topological polar surface area (TPSA) is 45.9 Å². The summed E-state index contributed by atoms with van der Waals surface area (Å²) in [4.78, 5) is 4.08. The monoisotopic (exact) mass is 174 g/mol. The molecule has 0 N–H and O–H groups in total. The van der Waals surface area contributed by atoms with Crippen LogP contribution in [0.2, 0.25) is 0 Å². The van der Waals surface area contributed by atoms with Gasteiger partial charge in [-0.05, 0) is 6.07 Å². The van der Waals surface area contributed by atoms with Crippen LogP contribution in [0.15, 0.2) is 12.1 Å². The number of rotatable bonds is 0. The molecule has 66 valence electrons. The summed E-state index contributed by atoms with van der Waals surface area (Å²) in [5.41, 5.74) is 1.53. The molecule has 3 heteroatoms. The van der Waals surface area contributed by atoms with Gasteiger partial charge in [-0.25, -0.2) is 4.98 Å². The summed E-state index contributed by atoms with van der Waals surface area (Å²) < 4.78 is 5.39. The average Bonchev–Trinajstić information content (AvgIpc) is 2.42. The van der Waals surface area contributed by atoms with Crippen LogP contribution in [-0.4, -0.2) is 11.6 Å². The van der Waals surface area contributed by atoms with Crippen LogP contribution in [-0.2, 0) is 5.41 Å². The summed E-state index contributed by atoms with van der Waals surface area (Å²) >= 11 is 0. The average molecular weight is 174 g/mol. The molecule has 0 bridgehead atoms. The third-order valence-corrected chi connectivity index (χ3v) is 2.27. The Kier molecular flexibility index (Phi) is 1.53. The molecule has 2 rings (SSSR count). The van der Waals surface area contributed by atoms with E-state index in [9.17, 15) is 0 Å². The Morgan fingerprint density at radius 2 is 2.31 bits per heavy atom. The highest BCUT2D eigenvalue weighted by molar-refractivity contribution is 5.40. The van der Waals surface area contributed by atoms with Crippen LogP contribution in [0.4, 0.5) is 0 Å². The standard InChI is InChI=1S/C10H10N2O/c1-10(2)6-13-9-8(10)4-3-7(5-11)12-9/h3-4H,6H2,1-2H3. The van der Waals surface area contributed by atoms with E-state index >= 15 is 0 Å². The zero-order valence-corrected chi connectivity index (χ0v) is 7.66. The lowest BCUT2D eigenvalue weighted by Crippen LogP contribution is -2.18. The molecule has 1 aliphatic rings. The van der Waals surface area contributed by atoms with Crippen molar-refractivity contribution >= 4 is 0 Å². The van der Waals surface area contributed by atoms with Gasteiger partial charge in [-0.15, -0.1) is 0 Å². The van der Waals surface area contributed by atoms with Crippen molar-refractivity contribution in [1.29, 1.82) is 5.26 Å². The molecular weight excluding hydrogens is 164 g/mol. The van der Waals surface area contributed by atoms with E-state index in [0.717, 1.165) is 5.56 Å². The maximum Gasteiger partial charge on any atom is 0.218 e. The summed E-state index contributed by atoms with van der Waals surface area (Å²) in [6, 6.07) is 5.65. The van der Waals surface area contributed by atoms with E-state index in [1.807, 2.05) is 12.1 Å². The molecule has 0 fully saturated rings. The summed E-state index contributed by atoms with van der Waals surface area (Å²) in [6.07, 6.45) is 0. The van der Waals surface area contributed by atoms with Crippen molar-refractivity contribution in [2.24, 2.45) is 0 Å². The minimum Gasteiger partial charge on any atom is -0.476 e. The number of aromatic nitrogens is 1. The van der Waals surface area contributed by atoms with Crippen LogP contribution in [0.5, 0.6) is 5.88 Å². The molecule has 0 aromatic carbocycles. The van der Waals surface area contributed by atoms with Crippen molar-refractivity contribution in [2.45, 2.75) is 19.3 Å². The highest BCUT2D eigenvalue weighted by Gasteiger charge is 2.32. The minimum atomic E-state index is 0.0241. The van der Waals surface area contributed by atoms with E-state index in [1.54, 1.807) is 6.07 Å². The third kappa shape index (κ3) is 1.15. The van der Waals surface area contributed by atoms with Crippen molar-refractivity contribution in [3.05, 3.63) is 23.4 Å². The van der Waals surface area contributed by atoms with Gasteiger partial charge in [-0.2, -0.15) is 5.26 Å². The molecule has 0 saturated heterocycles. The lowest BCUT2D eigenvalue weighted by molar-refractivity contribution is 0.284. The molecule has 1 aromatic rings. The molecular formula is C10H10N2O. The van der Waals surface area contributed by atoms with Crippen LogP contribution in [0, 0.1) is 11.3 Å². The molecule has 3 nitrogen and oxygen atoms in total. The summed E-state index contributed by atoms with van der Waals surface area (Å²) in [7, 11) is 0. The fourth-order valence-corrected chi connectivity index (χ4v) is 1.45. The van der Waals surface area contributed by atoms with Crippen molar-refractivity contribution in [2.75, 3.05) is 6.61 Å². The predicted octanol–water partition coefficient (Wildman–Crippen LogP) is 1.62. The highest BCUT2D eigenvalue weighted by atomic mass is 16.5. The molecule has 0 aliphatic carbocycles. The summed E-state index contributed by atoms with van der Waals surface area (Å²) in [5, 5.41) is 8.63. The Bertz CT molecular complexity index is 390. The number of fused-ring (bicyclic) bond motifs is 1. The number of hydrogen-bond acceptors (Lipinski definition) is 3. The number of nitrogens with zero attached hydrogens (tertiary/aromatic N) is 2. The van der Waals surface area contributed by atoms with Crippen LogP contribution in [0.25, 0.3) is 0 Å². The SMILES string of the molecule is CC1(C)COc2nc(C#N)ccc21. The number of pyridine rings is 1. The smallest absolute Gasteiger partial charge is 0.218 e. The normalized spacial score (nSPS) is 17.3. The molecule has 0 atom stereocenters. The van der Waals surface area contributed by atoms with Crippen LogP contribution in [0.1, 0.15) is 25.1 Å². The van der Waals surface area contributed by atoms with Gasteiger partial charge >= 0.3 is 0 Å². The molecule has 2 heterocycles. The van der Waals surface area contributed by atoms with E-state index in [0.29, 0.717) is 18.2 Å². The van der Waals surface area contributed by atoms with Crippen molar-refractivity contribution in [3.8, 4) is 11.9 Å². The molecule has 0 saturated carbocycles. The molecule has 1 aliphatic heterocycles. The maximum absolute atomic E-state index is 8.63. The first-order chi connectivity index (χ1) is 6.13. The Balaban J connectivity index is 2.54. The van der Waals surface area contributed by atoms with E-state index in [1.165, 1.54) is 0 Å². The lowest BCUT2D eigenvalue weighted by atomic mass is 9.88. The highest BCUT2D eigenvalue weighted by Crippen LogP contribution is 2.36. The van der Waals surface area contributed by atoms with E-state index in [2.05, 4.69) is 18.8 Å². The summed E-state index contributed by atoms with van der Waals surface area (Å²) in [5.74, 6) is 0.615. The molecule has 0 radical (unpaired) electrons. The molecule has 0 unspecified atom stereocenters. The van der Waals surface area contributed by atoms with Crippen LogP contribution >= 0.6 is 0 Å². The van der Waals surface area contributed by atoms with E-state index in [4.69, 9.17) is 10.00 Å². The molecule has 0 spiro atoms. The second-order valence-electron chi connectivity index (χ2n) is 3.83. The predicted molar refractivity (Wildman–Crippen MR) is 47.5 cm³/mol. The first kappa shape index (κ1) is 8.06.